The zero-order valence-electron chi connectivity index (χ0n) is 13.0. The van der Waals surface area contributed by atoms with Gasteiger partial charge in [0.15, 0.2) is 0 Å². The number of halogens is 1. The second-order valence-electron chi connectivity index (χ2n) is 5.03. The van der Waals surface area contributed by atoms with Gasteiger partial charge >= 0.3 is 0 Å². The molecule has 0 fully saturated rings. The number of rotatable bonds is 6. The molecule has 1 aromatic carbocycles. The van der Waals surface area contributed by atoms with Gasteiger partial charge in [0.2, 0.25) is 0 Å². The fraction of sp³-hybridized carbons (Fsp3) is 0.438. The monoisotopic (exact) mass is 307 g/mol. The molecule has 1 atom stereocenters. The van der Waals surface area contributed by atoms with E-state index in [2.05, 4.69) is 23.4 Å². The van der Waals surface area contributed by atoms with Crippen molar-refractivity contribution in [1.82, 2.24) is 15.1 Å². The van der Waals surface area contributed by atoms with E-state index in [-0.39, 0.29) is 6.04 Å². The predicted octanol–water partition coefficient (Wildman–Crippen LogP) is 3.28. The average Bonchev–Trinajstić information content (AvgIpc) is 2.73. The molecule has 21 heavy (non-hydrogen) atoms. The fourth-order valence-electron chi connectivity index (χ4n) is 2.59. The van der Waals surface area contributed by atoms with Crippen molar-refractivity contribution in [2.45, 2.75) is 26.3 Å². The molecule has 0 saturated heterocycles. The van der Waals surface area contributed by atoms with Crippen LogP contribution in [-0.2, 0) is 13.5 Å². The summed E-state index contributed by atoms with van der Waals surface area (Å²) in [5, 5.41) is 8.64. The van der Waals surface area contributed by atoms with Gasteiger partial charge in [0.25, 0.3) is 0 Å². The SMILES string of the molecule is CCNC(Cc1c(Cl)c(C)nn1C)c1ccccc1OC. The van der Waals surface area contributed by atoms with E-state index in [0.717, 1.165) is 40.7 Å². The van der Waals surface area contributed by atoms with Crippen LogP contribution in [0.3, 0.4) is 0 Å². The Morgan fingerprint density at radius 3 is 2.67 bits per heavy atom. The largest absolute Gasteiger partial charge is 0.496 e. The van der Waals surface area contributed by atoms with Gasteiger partial charge in [-0.1, -0.05) is 36.7 Å². The maximum Gasteiger partial charge on any atom is 0.123 e. The van der Waals surface area contributed by atoms with E-state index in [9.17, 15) is 0 Å². The quantitative estimate of drug-likeness (QED) is 0.890. The van der Waals surface area contributed by atoms with Crippen molar-refractivity contribution in [2.75, 3.05) is 13.7 Å². The van der Waals surface area contributed by atoms with Crippen LogP contribution in [0.2, 0.25) is 5.02 Å². The summed E-state index contributed by atoms with van der Waals surface area (Å²) in [5.41, 5.74) is 3.03. The lowest BCUT2D eigenvalue weighted by Gasteiger charge is -2.21. The maximum absolute atomic E-state index is 6.38. The normalized spacial score (nSPS) is 12.4. The molecule has 0 aliphatic carbocycles. The second-order valence-corrected chi connectivity index (χ2v) is 5.40. The van der Waals surface area contributed by atoms with Crippen LogP contribution in [0, 0.1) is 6.92 Å². The van der Waals surface area contributed by atoms with Gasteiger partial charge in [-0.15, -0.1) is 0 Å². The second kappa shape index (κ2) is 6.96. The summed E-state index contributed by atoms with van der Waals surface area (Å²) in [6.45, 7) is 4.90. The molecule has 1 heterocycles. The molecule has 2 rings (SSSR count). The van der Waals surface area contributed by atoms with Crippen molar-refractivity contribution in [3.63, 3.8) is 0 Å². The topological polar surface area (TPSA) is 39.1 Å². The van der Waals surface area contributed by atoms with Crippen LogP contribution in [0.15, 0.2) is 24.3 Å². The number of methoxy groups -OCH3 is 1. The van der Waals surface area contributed by atoms with E-state index in [1.165, 1.54) is 0 Å². The van der Waals surface area contributed by atoms with Crippen LogP contribution in [0.25, 0.3) is 0 Å². The van der Waals surface area contributed by atoms with Crippen LogP contribution in [-0.4, -0.2) is 23.4 Å². The van der Waals surface area contributed by atoms with Gasteiger partial charge in [-0.05, 0) is 19.5 Å². The van der Waals surface area contributed by atoms with E-state index >= 15 is 0 Å². The number of aromatic nitrogens is 2. The molecule has 114 valence electrons. The number of hydrogen-bond donors (Lipinski definition) is 1. The summed E-state index contributed by atoms with van der Waals surface area (Å²) in [6, 6.07) is 8.21. The number of ether oxygens (including phenoxy) is 1. The highest BCUT2D eigenvalue weighted by atomic mass is 35.5. The molecule has 2 aromatic rings. The minimum absolute atomic E-state index is 0.137. The lowest BCUT2D eigenvalue weighted by atomic mass is 10.0. The standard InChI is InChI=1S/C16H22ClN3O/c1-5-18-13(12-8-6-7-9-15(12)21-4)10-14-16(17)11(2)19-20(14)3/h6-9,13,18H,5,10H2,1-4H3. The number of benzene rings is 1. The summed E-state index contributed by atoms with van der Waals surface area (Å²) in [6.07, 6.45) is 0.768. The molecule has 0 aliphatic rings. The third kappa shape index (κ3) is 3.39. The van der Waals surface area contributed by atoms with Crippen molar-refractivity contribution >= 4 is 11.6 Å². The summed E-state index contributed by atoms with van der Waals surface area (Å²) in [4.78, 5) is 0. The first-order valence-corrected chi connectivity index (χ1v) is 7.50. The van der Waals surface area contributed by atoms with E-state index in [4.69, 9.17) is 16.3 Å². The Labute approximate surface area is 131 Å². The van der Waals surface area contributed by atoms with Crippen molar-refractivity contribution in [3.8, 4) is 5.75 Å². The maximum atomic E-state index is 6.38. The number of nitrogens with zero attached hydrogens (tertiary/aromatic N) is 2. The molecular weight excluding hydrogens is 286 g/mol. The van der Waals surface area contributed by atoms with E-state index in [1.54, 1.807) is 7.11 Å². The Balaban J connectivity index is 2.35. The van der Waals surface area contributed by atoms with Gasteiger partial charge in [-0.2, -0.15) is 5.10 Å². The fourth-order valence-corrected chi connectivity index (χ4v) is 2.83. The zero-order valence-corrected chi connectivity index (χ0v) is 13.7. The number of hydrogen-bond acceptors (Lipinski definition) is 3. The molecule has 1 aromatic heterocycles. The van der Waals surface area contributed by atoms with Crippen LogP contribution >= 0.6 is 11.6 Å². The highest BCUT2D eigenvalue weighted by molar-refractivity contribution is 6.31. The van der Waals surface area contributed by atoms with Crippen LogP contribution in [0.5, 0.6) is 5.75 Å². The van der Waals surface area contributed by atoms with Gasteiger partial charge in [-0.25, -0.2) is 0 Å². The van der Waals surface area contributed by atoms with E-state index in [1.807, 2.05) is 36.9 Å². The first-order chi connectivity index (χ1) is 10.1. The molecule has 1 unspecified atom stereocenters. The average molecular weight is 308 g/mol. The van der Waals surface area contributed by atoms with Crippen LogP contribution < -0.4 is 10.1 Å². The van der Waals surface area contributed by atoms with Crippen LogP contribution in [0.1, 0.15) is 29.9 Å². The lowest BCUT2D eigenvalue weighted by molar-refractivity contribution is 0.398. The molecule has 1 N–H and O–H groups in total. The number of nitrogens with one attached hydrogen (secondary N) is 1. The van der Waals surface area contributed by atoms with Crippen molar-refractivity contribution < 1.29 is 4.74 Å². The Bertz CT molecular complexity index is 610. The summed E-state index contributed by atoms with van der Waals surface area (Å²) in [5.74, 6) is 0.887. The molecule has 4 nitrogen and oxygen atoms in total. The van der Waals surface area contributed by atoms with E-state index in [0.29, 0.717) is 0 Å². The highest BCUT2D eigenvalue weighted by Gasteiger charge is 2.20. The van der Waals surface area contributed by atoms with Gasteiger partial charge < -0.3 is 10.1 Å². The minimum atomic E-state index is 0.137. The summed E-state index contributed by atoms with van der Waals surface area (Å²) >= 11 is 6.38. The van der Waals surface area contributed by atoms with Gasteiger partial charge in [0.1, 0.15) is 5.75 Å². The molecule has 0 spiro atoms. The third-order valence-electron chi connectivity index (χ3n) is 3.62. The van der Waals surface area contributed by atoms with Crippen molar-refractivity contribution in [2.24, 2.45) is 7.05 Å². The van der Waals surface area contributed by atoms with Crippen molar-refractivity contribution in [3.05, 3.63) is 46.2 Å². The van der Waals surface area contributed by atoms with Crippen molar-refractivity contribution in [1.29, 1.82) is 0 Å². The molecule has 0 saturated carbocycles. The van der Waals surface area contributed by atoms with Gasteiger partial charge in [0, 0.05) is 25.1 Å². The number of likely N-dealkylation sites (N-methyl/N-ethyl adjacent to an activating group) is 1. The van der Waals surface area contributed by atoms with Gasteiger partial charge in [-0.3, -0.25) is 4.68 Å². The van der Waals surface area contributed by atoms with E-state index < -0.39 is 0 Å². The highest BCUT2D eigenvalue weighted by Crippen LogP contribution is 2.30. The summed E-state index contributed by atoms with van der Waals surface area (Å²) in [7, 11) is 3.63. The Hall–Kier alpha value is -1.52. The molecule has 0 amide bonds. The molecular formula is C16H22ClN3O. The first kappa shape index (κ1) is 15.9. The molecule has 0 bridgehead atoms. The molecule has 0 aliphatic heterocycles. The number of aryl methyl sites for hydroxylation is 2. The Morgan fingerprint density at radius 1 is 1.38 bits per heavy atom. The zero-order chi connectivity index (χ0) is 15.4. The number of para-hydroxylation sites is 1. The third-order valence-corrected chi connectivity index (χ3v) is 4.12. The van der Waals surface area contributed by atoms with Gasteiger partial charge in [0.05, 0.1) is 23.5 Å². The van der Waals surface area contributed by atoms with Crippen LogP contribution in [0.4, 0.5) is 0 Å². The predicted molar refractivity (Wildman–Crippen MR) is 86.1 cm³/mol. The molecule has 5 heteroatoms. The Kier molecular flexibility index (Phi) is 5.26. The first-order valence-electron chi connectivity index (χ1n) is 7.12. The lowest BCUT2D eigenvalue weighted by Crippen LogP contribution is -2.24. The minimum Gasteiger partial charge on any atom is -0.496 e. The summed E-state index contributed by atoms with van der Waals surface area (Å²) < 4.78 is 7.34. The molecule has 0 radical (unpaired) electrons. The Morgan fingerprint density at radius 2 is 2.10 bits per heavy atom. The smallest absolute Gasteiger partial charge is 0.123 e.